The van der Waals surface area contributed by atoms with E-state index < -0.39 is 11.6 Å². The molecule has 1 aliphatic rings. The van der Waals surface area contributed by atoms with E-state index in [0.29, 0.717) is 42.4 Å². The number of amides is 2. The summed E-state index contributed by atoms with van der Waals surface area (Å²) in [4.78, 5) is 20.2. The number of anilines is 1. The largest absolute Gasteiger partial charge is 0.378 e. The van der Waals surface area contributed by atoms with Crippen molar-refractivity contribution in [3.63, 3.8) is 0 Å². The van der Waals surface area contributed by atoms with Crippen molar-refractivity contribution in [3.05, 3.63) is 41.9 Å². The molecule has 0 aliphatic carbocycles. The Morgan fingerprint density at radius 1 is 1.45 bits per heavy atom. The number of nitrogens with two attached hydrogens (primary N) is 1. The Labute approximate surface area is 167 Å². The summed E-state index contributed by atoms with van der Waals surface area (Å²) in [5.74, 6) is 0.340. The van der Waals surface area contributed by atoms with Gasteiger partial charge >= 0.3 is 6.03 Å². The third kappa shape index (κ3) is 3.29. The topological polar surface area (TPSA) is 128 Å². The van der Waals surface area contributed by atoms with E-state index in [1.165, 1.54) is 0 Å². The van der Waals surface area contributed by atoms with Gasteiger partial charge in [-0.1, -0.05) is 0 Å². The van der Waals surface area contributed by atoms with Crippen LogP contribution in [0.5, 0.6) is 0 Å². The van der Waals surface area contributed by atoms with Crippen LogP contribution in [0.25, 0.3) is 22.2 Å². The van der Waals surface area contributed by atoms with E-state index in [-0.39, 0.29) is 0 Å². The molecule has 3 N–H and O–H groups in total. The Kier molecular flexibility index (Phi) is 4.66. The standard InChI is InChI=1S/C20H20N6O3/c1-26-10-14(13-7-18(25-19(22)27)23-9-16(13)26)15-5-12(8-21)6-17(24-15)20(28-2)3-4-29-11-20/h5-7,9-10H,3-4,11H2,1-2H3,(H3,22,23,25,27)/t20-/m0/s1. The smallest absolute Gasteiger partial charge is 0.317 e. The monoisotopic (exact) mass is 392 g/mol. The van der Waals surface area contributed by atoms with Crippen LogP contribution in [0, 0.1) is 11.3 Å². The molecule has 29 heavy (non-hydrogen) atoms. The van der Waals surface area contributed by atoms with Crippen LogP contribution in [0.15, 0.2) is 30.6 Å². The Morgan fingerprint density at radius 2 is 2.28 bits per heavy atom. The molecule has 3 aromatic heterocycles. The molecule has 148 valence electrons. The van der Waals surface area contributed by atoms with Crippen molar-refractivity contribution in [1.29, 1.82) is 5.26 Å². The Balaban J connectivity index is 1.90. The quantitative estimate of drug-likeness (QED) is 0.701. The Hall–Kier alpha value is -3.48. The number of rotatable bonds is 4. The van der Waals surface area contributed by atoms with Gasteiger partial charge in [0.25, 0.3) is 0 Å². The third-order valence-corrected chi connectivity index (χ3v) is 5.20. The molecule has 3 aromatic rings. The first-order valence-corrected chi connectivity index (χ1v) is 9.03. The fourth-order valence-electron chi connectivity index (χ4n) is 3.66. The van der Waals surface area contributed by atoms with Gasteiger partial charge in [-0.05, 0) is 18.2 Å². The maximum Gasteiger partial charge on any atom is 0.317 e. The van der Waals surface area contributed by atoms with Gasteiger partial charge < -0.3 is 19.8 Å². The van der Waals surface area contributed by atoms with Gasteiger partial charge in [0, 0.05) is 44.3 Å². The molecule has 0 aromatic carbocycles. The highest BCUT2D eigenvalue weighted by Crippen LogP contribution is 2.36. The summed E-state index contributed by atoms with van der Waals surface area (Å²) in [5, 5.41) is 12.9. The van der Waals surface area contributed by atoms with Gasteiger partial charge in [0.05, 0.1) is 41.3 Å². The molecule has 4 heterocycles. The minimum absolute atomic E-state index is 0.340. The average molecular weight is 392 g/mol. The molecule has 1 saturated heterocycles. The minimum Gasteiger partial charge on any atom is -0.378 e. The average Bonchev–Trinajstić information content (AvgIpc) is 3.33. The van der Waals surface area contributed by atoms with E-state index in [1.807, 2.05) is 17.8 Å². The molecule has 2 amide bonds. The second-order valence-electron chi connectivity index (χ2n) is 6.97. The number of primary amides is 1. The van der Waals surface area contributed by atoms with Crippen LogP contribution < -0.4 is 11.1 Å². The molecule has 4 rings (SSSR count). The van der Waals surface area contributed by atoms with Crippen LogP contribution in [0.4, 0.5) is 10.6 Å². The van der Waals surface area contributed by atoms with Crippen molar-refractivity contribution in [2.75, 3.05) is 25.6 Å². The number of carbonyl (C=O) groups is 1. The Morgan fingerprint density at radius 3 is 2.93 bits per heavy atom. The number of methoxy groups -OCH3 is 1. The van der Waals surface area contributed by atoms with Crippen molar-refractivity contribution >= 4 is 22.8 Å². The van der Waals surface area contributed by atoms with Gasteiger partial charge in [-0.3, -0.25) is 5.32 Å². The summed E-state index contributed by atoms with van der Waals surface area (Å²) in [7, 11) is 3.52. The second-order valence-corrected chi connectivity index (χ2v) is 6.97. The van der Waals surface area contributed by atoms with Crippen LogP contribution in [-0.4, -0.2) is 40.9 Å². The van der Waals surface area contributed by atoms with E-state index in [9.17, 15) is 10.1 Å². The number of nitrogens with zero attached hydrogens (tertiary/aromatic N) is 4. The Bertz CT molecular complexity index is 1140. The summed E-state index contributed by atoms with van der Waals surface area (Å²) < 4.78 is 13.2. The molecule has 1 fully saturated rings. The zero-order valence-corrected chi connectivity index (χ0v) is 16.1. The van der Waals surface area contributed by atoms with Crippen molar-refractivity contribution in [2.45, 2.75) is 12.0 Å². The number of hydrogen-bond donors (Lipinski definition) is 2. The molecule has 0 bridgehead atoms. The van der Waals surface area contributed by atoms with Gasteiger partial charge in [-0.25, -0.2) is 14.8 Å². The number of nitriles is 1. The van der Waals surface area contributed by atoms with Crippen molar-refractivity contribution < 1.29 is 14.3 Å². The fourth-order valence-corrected chi connectivity index (χ4v) is 3.66. The van der Waals surface area contributed by atoms with Crippen LogP contribution in [0.3, 0.4) is 0 Å². The number of carbonyl (C=O) groups excluding carboxylic acids is 1. The number of urea groups is 1. The van der Waals surface area contributed by atoms with Gasteiger partial charge in [-0.2, -0.15) is 5.26 Å². The van der Waals surface area contributed by atoms with Crippen molar-refractivity contribution in [1.82, 2.24) is 14.5 Å². The first kappa shape index (κ1) is 18.9. The number of pyridine rings is 2. The number of ether oxygens (including phenoxy) is 2. The maximum absolute atomic E-state index is 11.2. The normalized spacial score (nSPS) is 18.7. The molecule has 9 nitrogen and oxygen atoms in total. The number of fused-ring (bicyclic) bond motifs is 1. The van der Waals surface area contributed by atoms with Gasteiger partial charge in [0.15, 0.2) is 0 Å². The molecule has 9 heteroatoms. The fraction of sp³-hybridized carbons (Fsp3) is 0.300. The van der Waals surface area contributed by atoms with Gasteiger partial charge in [-0.15, -0.1) is 0 Å². The second kappa shape index (κ2) is 7.16. The highest BCUT2D eigenvalue weighted by molar-refractivity contribution is 5.98. The molecular weight excluding hydrogens is 372 g/mol. The molecule has 0 spiro atoms. The lowest BCUT2D eigenvalue weighted by molar-refractivity contribution is -0.0245. The van der Waals surface area contributed by atoms with E-state index in [1.54, 1.807) is 31.5 Å². The summed E-state index contributed by atoms with van der Waals surface area (Å²) >= 11 is 0. The molecule has 1 aliphatic heterocycles. The number of aromatic nitrogens is 3. The predicted molar refractivity (Wildman–Crippen MR) is 106 cm³/mol. The zero-order chi connectivity index (χ0) is 20.6. The van der Waals surface area contributed by atoms with Crippen LogP contribution in [0.1, 0.15) is 17.7 Å². The first-order chi connectivity index (χ1) is 14.0. The lowest BCUT2D eigenvalue weighted by Crippen LogP contribution is -2.30. The van der Waals surface area contributed by atoms with E-state index in [4.69, 9.17) is 20.2 Å². The number of nitrogens with one attached hydrogen (secondary N) is 1. The zero-order valence-electron chi connectivity index (χ0n) is 16.1. The number of hydrogen-bond acceptors (Lipinski definition) is 6. The molecule has 0 radical (unpaired) electrons. The summed E-state index contributed by atoms with van der Waals surface area (Å²) in [6.07, 6.45) is 4.23. The van der Waals surface area contributed by atoms with Crippen molar-refractivity contribution in [3.8, 4) is 17.3 Å². The summed E-state index contributed by atoms with van der Waals surface area (Å²) in [5.41, 5.74) is 7.97. The van der Waals surface area contributed by atoms with E-state index in [0.717, 1.165) is 16.5 Å². The van der Waals surface area contributed by atoms with Gasteiger partial charge in [0.1, 0.15) is 11.4 Å². The van der Waals surface area contributed by atoms with Crippen LogP contribution >= 0.6 is 0 Å². The summed E-state index contributed by atoms with van der Waals surface area (Å²) in [6, 6.07) is 6.73. The maximum atomic E-state index is 11.2. The molecule has 0 unspecified atom stereocenters. The highest BCUT2D eigenvalue weighted by atomic mass is 16.5. The predicted octanol–water partition coefficient (Wildman–Crippen LogP) is 2.26. The first-order valence-electron chi connectivity index (χ1n) is 9.03. The van der Waals surface area contributed by atoms with Crippen LogP contribution in [0.2, 0.25) is 0 Å². The lowest BCUT2D eigenvalue weighted by atomic mass is 9.95. The highest BCUT2D eigenvalue weighted by Gasteiger charge is 2.39. The summed E-state index contributed by atoms with van der Waals surface area (Å²) in [6.45, 7) is 0.959. The molecule has 1 atom stereocenters. The van der Waals surface area contributed by atoms with Crippen molar-refractivity contribution in [2.24, 2.45) is 12.8 Å². The van der Waals surface area contributed by atoms with Crippen LogP contribution in [-0.2, 0) is 22.1 Å². The van der Waals surface area contributed by atoms with E-state index >= 15 is 0 Å². The number of aryl methyl sites for hydroxylation is 1. The molecular formula is C20H20N6O3. The van der Waals surface area contributed by atoms with E-state index in [2.05, 4.69) is 16.4 Å². The molecule has 0 saturated carbocycles. The third-order valence-electron chi connectivity index (χ3n) is 5.20. The minimum atomic E-state index is -0.690. The van der Waals surface area contributed by atoms with Gasteiger partial charge in [0.2, 0.25) is 0 Å². The SMILES string of the molecule is CO[C@@]1(c2cc(C#N)cc(-c3cn(C)c4cnc(NC(N)=O)cc34)n2)CCOC1. The lowest BCUT2D eigenvalue weighted by Gasteiger charge is -2.25.